The maximum atomic E-state index is 6.09. The summed E-state index contributed by atoms with van der Waals surface area (Å²) in [5.41, 5.74) is 0. The second-order valence-electron chi connectivity index (χ2n) is 5.64. The van der Waals surface area contributed by atoms with Crippen LogP contribution in [0.4, 0.5) is 0 Å². The zero-order valence-corrected chi connectivity index (χ0v) is 11.5. The lowest BCUT2D eigenvalue weighted by Crippen LogP contribution is -2.36. The van der Waals surface area contributed by atoms with E-state index in [1.807, 2.05) is 0 Å². The Morgan fingerprint density at radius 1 is 1.12 bits per heavy atom. The molecule has 0 bridgehead atoms. The van der Waals surface area contributed by atoms with Gasteiger partial charge in [0.2, 0.25) is 0 Å². The molecule has 1 aliphatic carbocycles. The molecule has 3 heteroatoms. The minimum Gasteiger partial charge on any atom is -0.372 e. The van der Waals surface area contributed by atoms with E-state index in [9.17, 15) is 0 Å². The normalized spacial score (nSPS) is 30.5. The van der Waals surface area contributed by atoms with Crippen molar-refractivity contribution in [2.24, 2.45) is 0 Å². The van der Waals surface area contributed by atoms with Crippen LogP contribution in [0.25, 0.3) is 0 Å². The first-order valence-corrected chi connectivity index (χ1v) is 7.36. The number of hydrogen-bond donors (Lipinski definition) is 1. The third-order valence-corrected chi connectivity index (χ3v) is 4.26. The maximum absolute atomic E-state index is 6.09. The molecule has 17 heavy (non-hydrogen) atoms. The van der Waals surface area contributed by atoms with Crippen molar-refractivity contribution in [1.82, 2.24) is 10.2 Å². The lowest BCUT2D eigenvalue weighted by Gasteiger charge is -2.27. The van der Waals surface area contributed by atoms with Gasteiger partial charge < -0.3 is 15.0 Å². The average Bonchev–Trinajstić information content (AvgIpc) is 2.97. The second kappa shape index (κ2) is 6.72. The van der Waals surface area contributed by atoms with Crippen molar-refractivity contribution in [3.63, 3.8) is 0 Å². The van der Waals surface area contributed by atoms with Crippen molar-refractivity contribution in [1.29, 1.82) is 0 Å². The summed E-state index contributed by atoms with van der Waals surface area (Å²) >= 11 is 0. The van der Waals surface area contributed by atoms with Crippen LogP contribution < -0.4 is 5.32 Å². The second-order valence-corrected chi connectivity index (χ2v) is 5.64. The molecule has 1 aliphatic heterocycles. The van der Waals surface area contributed by atoms with Crippen LogP contribution in [0, 0.1) is 0 Å². The van der Waals surface area contributed by atoms with E-state index in [1.54, 1.807) is 0 Å². The molecule has 1 heterocycles. The molecule has 2 fully saturated rings. The molecule has 1 saturated carbocycles. The third-order valence-electron chi connectivity index (χ3n) is 4.26. The minimum absolute atomic E-state index is 0.455. The highest BCUT2D eigenvalue weighted by atomic mass is 16.5. The summed E-state index contributed by atoms with van der Waals surface area (Å²) in [6, 6.07) is 0.825. The summed E-state index contributed by atoms with van der Waals surface area (Å²) in [6.45, 7) is 5.36. The number of likely N-dealkylation sites (N-methyl/N-ethyl adjacent to an activating group) is 2. The van der Waals surface area contributed by atoms with Crippen LogP contribution in [-0.4, -0.2) is 49.8 Å². The van der Waals surface area contributed by atoms with Crippen molar-refractivity contribution < 1.29 is 4.74 Å². The Labute approximate surface area is 106 Å². The summed E-state index contributed by atoms with van der Waals surface area (Å²) in [5.74, 6) is 0. The smallest absolute Gasteiger partial charge is 0.0707 e. The lowest BCUT2D eigenvalue weighted by atomic mass is 10.1. The fraction of sp³-hybridized carbons (Fsp3) is 1.00. The number of rotatable bonds is 6. The van der Waals surface area contributed by atoms with E-state index in [4.69, 9.17) is 4.74 Å². The van der Waals surface area contributed by atoms with Gasteiger partial charge in [0.25, 0.3) is 0 Å². The third kappa shape index (κ3) is 3.94. The average molecular weight is 240 g/mol. The molecule has 2 unspecified atom stereocenters. The Balaban J connectivity index is 1.66. The Morgan fingerprint density at radius 3 is 2.53 bits per heavy atom. The largest absolute Gasteiger partial charge is 0.372 e. The quantitative estimate of drug-likeness (QED) is 0.769. The zero-order chi connectivity index (χ0) is 12.1. The van der Waals surface area contributed by atoms with Crippen LogP contribution in [0.1, 0.15) is 45.4 Å². The molecule has 0 aromatic rings. The van der Waals surface area contributed by atoms with Crippen molar-refractivity contribution >= 4 is 0 Å². The molecule has 100 valence electrons. The molecule has 2 aliphatic rings. The van der Waals surface area contributed by atoms with Crippen LogP contribution in [0.2, 0.25) is 0 Å². The Morgan fingerprint density at radius 2 is 1.82 bits per heavy atom. The highest BCUT2D eigenvalue weighted by Gasteiger charge is 2.28. The van der Waals surface area contributed by atoms with Crippen LogP contribution >= 0.6 is 0 Å². The lowest BCUT2D eigenvalue weighted by molar-refractivity contribution is 0.0212. The van der Waals surface area contributed by atoms with Gasteiger partial charge >= 0.3 is 0 Å². The van der Waals surface area contributed by atoms with Gasteiger partial charge in [-0.2, -0.15) is 0 Å². The maximum Gasteiger partial charge on any atom is 0.0707 e. The molecular formula is C14H28N2O. The van der Waals surface area contributed by atoms with Crippen molar-refractivity contribution in [2.75, 3.05) is 26.7 Å². The highest BCUT2D eigenvalue weighted by molar-refractivity contribution is 4.81. The highest BCUT2D eigenvalue weighted by Crippen LogP contribution is 2.25. The number of ether oxygens (including phenoxy) is 1. The van der Waals surface area contributed by atoms with Crippen LogP contribution in [0.15, 0.2) is 0 Å². The van der Waals surface area contributed by atoms with E-state index in [0.29, 0.717) is 12.2 Å². The zero-order valence-electron chi connectivity index (χ0n) is 11.5. The summed E-state index contributed by atoms with van der Waals surface area (Å²) in [4.78, 5) is 2.54. The summed E-state index contributed by atoms with van der Waals surface area (Å²) in [6.07, 6.45) is 9.03. The summed E-state index contributed by atoms with van der Waals surface area (Å²) in [5, 5.41) is 3.38. The minimum atomic E-state index is 0.455. The van der Waals surface area contributed by atoms with Crippen molar-refractivity contribution in [3.8, 4) is 0 Å². The van der Waals surface area contributed by atoms with Crippen LogP contribution in [-0.2, 0) is 4.74 Å². The molecule has 1 saturated heterocycles. The predicted molar refractivity (Wildman–Crippen MR) is 71.3 cm³/mol. The summed E-state index contributed by atoms with van der Waals surface area (Å²) < 4.78 is 6.09. The first kappa shape index (κ1) is 13.3. The molecule has 0 aromatic heterocycles. The molecule has 0 aromatic carbocycles. The first-order chi connectivity index (χ1) is 8.29. The van der Waals surface area contributed by atoms with E-state index in [-0.39, 0.29) is 0 Å². The van der Waals surface area contributed by atoms with E-state index in [2.05, 4.69) is 24.2 Å². The van der Waals surface area contributed by atoms with Gasteiger partial charge in [0.05, 0.1) is 12.2 Å². The van der Waals surface area contributed by atoms with Gasteiger partial charge in [0.15, 0.2) is 0 Å². The van der Waals surface area contributed by atoms with Gasteiger partial charge in [0.1, 0.15) is 0 Å². The number of nitrogens with zero attached hydrogens (tertiary/aromatic N) is 1. The first-order valence-electron chi connectivity index (χ1n) is 7.36. The molecular weight excluding hydrogens is 212 g/mol. The Bertz CT molecular complexity index is 216. The number of nitrogens with one attached hydrogen (secondary N) is 1. The standard InChI is InChI=1S/C14H28N2O/c1-3-15-10-13-8-9-14(17-13)11-16(2)12-6-4-5-7-12/h12-15H,3-11H2,1-2H3. The molecule has 2 rings (SSSR count). The van der Waals surface area contributed by atoms with Gasteiger partial charge in [-0.25, -0.2) is 0 Å². The van der Waals surface area contributed by atoms with Gasteiger partial charge in [0, 0.05) is 19.1 Å². The Hall–Kier alpha value is -0.120. The molecule has 0 spiro atoms. The molecule has 2 atom stereocenters. The monoisotopic (exact) mass is 240 g/mol. The summed E-state index contributed by atoms with van der Waals surface area (Å²) in [7, 11) is 2.27. The van der Waals surface area contributed by atoms with Gasteiger partial charge in [-0.15, -0.1) is 0 Å². The molecule has 3 nitrogen and oxygen atoms in total. The fourth-order valence-electron chi connectivity index (χ4n) is 3.19. The van der Waals surface area contributed by atoms with Crippen LogP contribution in [0.3, 0.4) is 0 Å². The van der Waals surface area contributed by atoms with Gasteiger partial charge in [-0.05, 0) is 39.3 Å². The van der Waals surface area contributed by atoms with E-state index in [0.717, 1.165) is 25.7 Å². The van der Waals surface area contributed by atoms with Crippen molar-refractivity contribution in [2.45, 2.75) is 63.7 Å². The molecule has 0 radical (unpaired) electrons. The van der Waals surface area contributed by atoms with Gasteiger partial charge in [-0.1, -0.05) is 19.8 Å². The van der Waals surface area contributed by atoms with Crippen LogP contribution in [0.5, 0.6) is 0 Å². The van der Waals surface area contributed by atoms with Crippen molar-refractivity contribution in [3.05, 3.63) is 0 Å². The predicted octanol–water partition coefficient (Wildman–Crippen LogP) is 2.02. The van der Waals surface area contributed by atoms with Gasteiger partial charge in [-0.3, -0.25) is 0 Å². The Kier molecular flexibility index (Phi) is 5.26. The fourth-order valence-corrected chi connectivity index (χ4v) is 3.19. The topological polar surface area (TPSA) is 24.5 Å². The van der Waals surface area contributed by atoms with E-state index in [1.165, 1.54) is 38.5 Å². The SMILES string of the molecule is CCNCC1CCC(CN(C)C2CCCC2)O1. The number of hydrogen-bond acceptors (Lipinski definition) is 3. The molecule has 1 N–H and O–H groups in total. The van der Waals surface area contributed by atoms with E-state index < -0.39 is 0 Å². The molecule has 0 amide bonds. The van der Waals surface area contributed by atoms with E-state index >= 15 is 0 Å².